The summed E-state index contributed by atoms with van der Waals surface area (Å²) in [6.45, 7) is 5.79. The summed E-state index contributed by atoms with van der Waals surface area (Å²) in [5.74, 6) is 0. The molecule has 0 aliphatic carbocycles. The van der Waals surface area contributed by atoms with Crippen LogP contribution in [-0.4, -0.2) is 18.1 Å². The van der Waals surface area contributed by atoms with E-state index in [0.717, 1.165) is 18.8 Å². The molecular weight excluding hydrogens is 198 g/mol. The summed E-state index contributed by atoms with van der Waals surface area (Å²) in [7, 11) is 0. The van der Waals surface area contributed by atoms with E-state index in [0.29, 0.717) is 5.56 Å². The molecule has 0 spiro atoms. The van der Waals surface area contributed by atoms with Gasteiger partial charge in [-0.05, 0) is 19.9 Å². The van der Waals surface area contributed by atoms with Crippen molar-refractivity contribution in [1.82, 2.24) is 4.98 Å². The van der Waals surface area contributed by atoms with Gasteiger partial charge in [-0.2, -0.15) is 5.26 Å². The van der Waals surface area contributed by atoms with Crippen molar-refractivity contribution in [3.05, 3.63) is 23.0 Å². The van der Waals surface area contributed by atoms with Gasteiger partial charge in [0.05, 0.1) is 5.69 Å². The molecule has 1 rings (SSSR count). The summed E-state index contributed by atoms with van der Waals surface area (Å²) in [5.41, 5.74) is 1.32. The zero-order valence-corrected chi connectivity index (χ0v) is 9.04. The van der Waals surface area contributed by atoms with Crippen LogP contribution in [0.25, 0.3) is 0 Å². The Hall–Kier alpha value is -1.27. The highest BCUT2D eigenvalue weighted by molar-refractivity contribution is 6.30. The monoisotopic (exact) mass is 209 g/mol. The molecule has 0 bridgehead atoms. The summed E-state index contributed by atoms with van der Waals surface area (Å²) >= 11 is 5.83. The maximum atomic E-state index is 8.94. The first-order valence-corrected chi connectivity index (χ1v) is 4.91. The fourth-order valence-electron chi connectivity index (χ4n) is 1.36. The van der Waals surface area contributed by atoms with Crippen molar-refractivity contribution in [3.63, 3.8) is 0 Å². The highest BCUT2D eigenvalue weighted by Gasteiger charge is 2.11. The Kier molecular flexibility index (Phi) is 3.73. The number of hydrogen-bond donors (Lipinski definition) is 0. The van der Waals surface area contributed by atoms with Crippen molar-refractivity contribution in [3.8, 4) is 6.07 Å². The summed E-state index contributed by atoms with van der Waals surface area (Å²) < 4.78 is 0. The molecule has 0 aromatic carbocycles. The van der Waals surface area contributed by atoms with Crippen molar-refractivity contribution < 1.29 is 0 Å². The number of rotatable bonds is 3. The van der Waals surface area contributed by atoms with E-state index in [-0.39, 0.29) is 5.15 Å². The van der Waals surface area contributed by atoms with Crippen LogP contribution in [-0.2, 0) is 0 Å². The predicted molar refractivity (Wildman–Crippen MR) is 57.5 cm³/mol. The molecule has 74 valence electrons. The van der Waals surface area contributed by atoms with Crippen molar-refractivity contribution in [2.24, 2.45) is 0 Å². The molecule has 14 heavy (non-hydrogen) atoms. The fourth-order valence-corrected chi connectivity index (χ4v) is 1.55. The van der Waals surface area contributed by atoms with Gasteiger partial charge in [0.25, 0.3) is 0 Å². The molecule has 3 nitrogen and oxygen atoms in total. The molecule has 0 saturated carbocycles. The third kappa shape index (κ3) is 1.97. The molecule has 0 unspecified atom stereocenters. The smallest absolute Gasteiger partial charge is 0.148 e. The molecule has 0 aliphatic rings. The lowest BCUT2D eigenvalue weighted by Crippen LogP contribution is -2.22. The number of hydrogen-bond acceptors (Lipinski definition) is 3. The maximum Gasteiger partial charge on any atom is 0.148 e. The van der Waals surface area contributed by atoms with E-state index in [9.17, 15) is 0 Å². The summed E-state index contributed by atoms with van der Waals surface area (Å²) in [6, 6.07) is 3.89. The van der Waals surface area contributed by atoms with Gasteiger partial charge in [0.15, 0.2) is 0 Å². The Morgan fingerprint density at radius 1 is 1.50 bits per heavy atom. The molecule has 4 heteroatoms. The second-order valence-electron chi connectivity index (χ2n) is 2.78. The third-order valence-corrected chi connectivity index (χ3v) is 2.39. The molecule has 0 fully saturated rings. The molecule has 0 atom stereocenters. The third-order valence-electron chi connectivity index (χ3n) is 2.10. The summed E-state index contributed by atoms with van der Waals surface area (Å²) in [4.78, 5) is 5.95. The van der Waals surface area contributed by atoms with Gasteiger partial charge in [0.2, 0.25) is 0 Å². The second-order valence-corrected chi connectivity index (χ2v) is 3.14. The van der Waals surface area contributed by atoms with Gasteiger partial charge in [-0.1, -0.05) is 11.6 Å². The van der Waals surface area contributed by atoms with Crippen LogP contribution in [0.15, 0.2) is 12.3 Å². The Morgan fingerprint density at radius 2 is 2.14 bits per heavy atom. The van der Waals surface area contributed by atoms with Crippen LogP contribution in [0.2, 0.25) is 5.15 Å². The van der Waals surface area contributed by atoms with Gasteiger partial charge >= 0.3 is 0 Å². The van der Waals surface area contributed by atoms with Gasteiger partial charge in [-0.15, -0.1) is 0 Å². The Morgan fingerprint density at radius 3 is 2.64 bits per heavy atom. The number of halogens is 1. The Labute approximate surface area is 88.9 Å². The average Bonchev–Trinajstić information content (AvgIpc) is 2.20. The molecule has 0 saturated heterocycles. The van der Waals surface area contributed by atoms with E-state index < -0.39 is 0 Å². The maximum absolute atomic E-state index is 8.94. The molecule has 1 heterocycles. The molecule has 0 amide bonds. The van der Waals surface area contributed by atoms with Crippen LogP contribution in [0.5, 0.6) is 0 Å². The molecule has 0 N–H and O–H groups in total. The topological polar surface area (TPSA) is 39.9 Å². The number of anilines is 1. The zero-order valence-electron chi connectivity index (χ0n) is 8.29. The summed E-state index contributed by atoms with van der Waals surface area (Å²) in [5, 5.41) is 9.21. The van der Waals surface area contributed by atoms with Gasteiger partial charge in [-0.3, -0.25) is 0 Å². The first kappa shape index (κ1) is 10.8. The van der Waals surface area contributed by atoms with Crippen LogP contribution in [0.1, 0.15) is 19.4 Å². The minimum atomic E-state index is 0.275. The van der Waals surface area contributed by atoms with Crippen LogP contribution >= 0.6 is 11.6 Å². The molecule has 0 aliphatic heterocycles. The first-order valence-electron chi connectivity index (χ1n) is 4.54. The van der Waals surface area contributed by atoms with Crippen LogP contribution in [0, 0.1) is 11.3 Å². The van der Waals surface area contributed by atoms with Gasteiger partial charge in [-0.25, -0.2) is 4.98 Å². The van der Waals surface area contributed by atoms with E-state index in [1.807, 2.05) is 19.9 Å². The van der Waals surface area contributed by atoms with E-state index >= 15 is 0 Å². The standard InChI is InChI=1S/C10H12ClN3/c1-3-14(4-2)9-5-6-13-10(11)8(9)7-12/h5-6H,3-4H2,1-2H3. The first-order chi connectivity index (χ1) is 6.74. The van der Waals surface area contributed by atoms with E-state index in [1.54, 1.807) is 6.20 Å². The largest absolute Gasteiger partial charge is 0.371 e. The molecule has 1 aromatic rings. The Bertz CT molecular complexity index is 353. The zero-order chi connectivity index (χ0) is 10.6. The second kappa shape index (κ2) is 4.83. The number of aromatic nitrogens is 1. The van der Waals surface area contributed by atoms with Crippen molar-refractivity contribution in [2.45, 2.75) is 13.8 Å². The molecule has 0 radical (unpaired) electrons. The van der Waals surface area contributed by atoms with Crippen LogP contribution in [0.4, 0.5) is 5.69 Å². The molecular formula is C10H12ClN3. The number of nitrogens with zero attached hydrogens (tertiary/aromatic N) is 3. The van der Waals surface area contributed by atoms with Crippen LogP contribution < -0.4 is 4.90 Å². The fraction of sp³-hybridized carbons (Fsp3) is 0.400. The van der Waals surface area contributed by atoms with Gasteiger partial charge in [0.1, 0.15) is 16.8 Å². The van der Waals surface area contributed by atoms with Gasteiger partial charge < -0.3 is 4.90 Å². The van der Waals surface area contributed by atoms with E-state index in [4.69, 9.17) is 16.9 Å². The van der Waals surface area contributed by atoms with E-state index in [2.05, 4.69) is 16.0 Å². The lowest BCUT2D eigenvalue weighted by molar-refractivity contribution is 0.863. The Balaban J connectivity index is 3.20. The van der Waals surface area contributed by atoms with Crippen molar-refractivity contribution in [2.75, 3.05) is 18.0 Å². The predicted octanol–water partition coefficient (Wildman–Crippen LogP) is 2.45. The van der Waals surface area contributed by atoms with Crippen molar-refractivity contribution in [1.29, 1.82) is 5.26 Å². The lowest BCUT2D eigenvalue weighted by atomic mass is 10.2. The molecule has 1 aromatic heterocycles. The highest BCUT2D eigenvalue weighted by Crippen LogP contribution is 2.24. The average molecular weight is 210 g/mol. The van der Waals surface area contributed by atoms with Crippen molar-refractivity contribution >= 4 is 17.3 Å². The lowest BCUT2D eigenvalue weighted by Gasteiger charge is -2.21. The minimum absolute atomic E-state index is 0.275. The normalized spacial score (nSPS) is 9.57. The van der Waals surface area contributed by atoms with Crippen LogP contribution in [0.3, 0.4) is 0 Å². The van der Waals surface area contributed by atoms with Gasteiger partial charge in [0, 0.05) is 19.3 Å². The minimum Gasteiger partial charge on any atom is -0.371 e. The highest BCUT2D eigenvalue weighted by atomic mass is 35.5. The quantitative estimate of drug-likeness (QED) is 0.718. The number of nitriles is 1. The summed E-state index contributed by atoms with van der Waals surface area (Å²) in [6.07, 6.45) is 1.62. The van der Waals surface area contributed by atoms with E-state index in [1.165, 1.54) is 0 Å². The SMILES string of the molecule is CCN(CC)c1ccnc(Cl)c1C#N. The number of pyridine rings is 1.